The molecule has 0 saturated carbocycles. The molecule has 0 fully saturated rings. The molecule has 0 atom stereocenters. The lowest BCUT2D eigenvalue weighted by atomic mass is 9.87. The smallest absolute Gasteiger partial charge is 0.138 e. The Bertz CT molecular complexity index is 1070. The molecule has 0 unspecified atom stereocenters. The van der Waals surface area contributed by atoms with Crippen molar-refractivity contribution < 1.29 is 0 Å². The second kappa shape index (κ2) is 6.26. The molecule has 26 heavy (non-hydrogen) atoms. The molecule has 0 bridgehead atoms. The fourth-order valence-corrected chi connectivity index (χ4v) is 3.17. The van der Waals surface area contributed by atoms with E-state index < -0.39 is 0 Å². The zero-order chi connectivity index (χ0) is 18.3. The lowest BCUT2D eigenvalue weighted by Crippen LogP contribution is -2.10. The quantitative estimate of drug-likeness (QED) is 0.473. The highest BCUT2D eigenvalue weighted by molar-refractivity contribution is 6.33. The summed E-state index contributed by atoms with van der Waals surface area (Å²) in [4.78, 5) is 12.5. The second-order valence-corrected chi connectivity index (χ2v) is 7.82. The molecule has 1 radical (unpaired) electrons. The van der Waals surface area contributed by atoms with Crippen LogP contribution < -0.4 is 0 Å². The van der Waals surface area contributed by atoms with Crippen molar-refractivity contribution in [3.05, 3.63) is 71.4 Å². The average Bonchev–Trinajstić information content (AvgIpc) is 3.05. The van der Waals surface area contributed by atoms with Crippen molar-refractivity contribution in [2.24, 2.45) is 0 Å². The van der Waals surface area contributed by atoms with Gasteiger partial charge in [0.05, 0.1) is 21.7 Å². The van der Waals surface area contributed by atoms with Gasteiger partial charge in [-0.1, -0.05) is 62.7 Å². The van der Waals surface area contributed by atoms with Gasteiger partial charge in [-0.3, -0.25) is 4.98 Å². The minimum absolute atomic E-state index is 0.112. The number of H-pyrrole nitrogens is 1. The van der Waals surface area contributed by atoms with Crippen LogP contribution in [0.3, 0.4) is 0 Å². The van der Waals surface area contributed by atoms with Crippen LogP contribution in [0.15, 0.2) is 54.7 Å². The summed E-state index contributed by atoms with van der Waals surface area (Å²) in [6.07, 6.45) is 1.63. The summed E-state index contributed by atoms with van der Waals surface area (Å²) >= 11 is 6.21. The SMILES string of the molecule is CC(C)(C)c1ccc2nc(-c3ccc(-c4nc[c]cc4Cl)cc3)[nH]c2c1. The highest BCUT2D eigenvalue weighted by Crippen LogP contribution is 2.29. The van der Waals surface area contributed by atoms with Crippen molar-refractivity contribution in [3.8, 4) is 22.6 Å². The molecule has 4 aromatic rings. The van der Waals surface area contributed by atoms with Crippen LogP contribution >= 0.6 is 11.6 Å². The topological polar surface area (TPSA) is 41.6 Å². The van der Waals surface area contributed by atoms with Crippen LogP contribution in [0.2, 0.25) is 5.02 Å². The average molecular weight is 361 g/mol. The van der Waals surface area contributed by atoms with Gasteiger partial charge in [-0.15, -0.1) is 0 Å². The number of pyridine rings is 1. The standard InChI is InChI=1S/C22H19ClN3/c1-22(2,3)16-10-11-18-19(13-16)26-21(25-18)15-8-6-14(7-9-15)20-17(23)5-4-12-24-20/h5-13H,1-3H3,(H,25,26). The molecular weight excluding hydrogens is 342 g/mol. The van der Waals surface area contributed by atoms with Crippen LogP contribution in [-0.2, 0) is 5.41 Å². The first kappa shape index (κ1) is 16.8. The summed E-state index contributed by atoms with van der Waals surface area (Å²) in [5.74, 6) is 0.859. The number of imidazole rings is 1. The Morgan fingerprint density at radius 3 is 2.42 bits per heavy atom. The number of aromatic amines is 1. The first-order valence-corrected chi connectivity index (χ1v) is 8.92. The summed E-state index contributed by atoms with van der Waals surface area (Å²) in [7, 11) is 0. The Kier molecular flexibility index (Phi) is 4.04. The number of fused-ring (bicyclic) bond motifs is 1. The summed E-state index contributed by atoms with van der Waals surface area (Å²) < 4.78 is 0. The van der Waals surface area contributed by atoms with E-state index in [9.17, 15) is 0 Å². The van der Waals surface area contributed by atoms with Gasteiger partial charge in [-0.05, 0) is 29.2 Å². The van der Waals surface area contributed by atoms with E-state index in [4.69, 9.17) is 16.6 Å². The number of aromatic nitrogens is 3. The van der Waals surface area contributed by atoms with Gasteiger partial charge in [-0.25, -0.2) is 4.98 Å². The number of hydrogen-bond donors (Lipinski definition) is 1. The van der Waals surface area contributed by atoms with E-state index in [-0.39, 0.29) is 5.41 Å². The van der Waals surface area contributed by atoms with E-state index in [0.717, 1.165) is 33.7 Å². The van der Waals surface area contributed by atoms with Crippen LogP contribution in [0, 0.1) is 6.07 Å². The first-order chi connectivity index (χ1) is 12.4. The molecule has 129 valence electrons. The molecule has 0 aliphatic carbocycles. The zero-order valence-electron chi connectivity index (χ0n) is 15.0. The number of halogens is 1. The van der Waals surface area contributed by atoms with Crippen molar-refractivity contribution in [2.45, 2.75) is 26.2 Å². The Labute approximate surface area is 158 Å². The summed E-state index contributed by atoms with van der Waals surface area (Å²) in [6.45, 7) is 6.64. The van der Waals surface area contributed by atoms with Gasteiger partial charge >= 0.3 is 0 Å². The molecule has 0 amide bonds. The van der Waals surface area contributed by atoms with E-state index in [2.05, 4.69) is 55.0 Å². The van der Waals surface area contributed by atoms with Gasteiger partial charge in [-0.2, -0.15) is 0 Å². The second-order valence-electron chi connectivity index (χ2n) is 7.41. The third-order valence-corrected chi connectivity index (χ3v) is 4.77. The van der Waals surface area contributed by atoms with Crippen molar-refractivity contribution >= 4 is 22.6 Å². The Balaban J connectivity index is 1.70. The van der Waals surface area contributed by atoms with Crippen molar-refractivity contribution in [1.82, 2.24) is 15.0 Å². The monoisotopic (exact) mass is 360 g/mol. The van der Waals surface area contributed by atoms with Crippen molar-refractivity contribution in [2.75, 3.05) is 0 Å². The van der Waals surface area contributed by atoms with Crippen molar-refractivity contribution in [1.29, 1.82) is 0 Å². The maximum Gasteiger partial charge on any atom is 0.138 e. The number of rotatable bonds is 2. The molecule has 3 nitrogen and oxygen atoms in total. The van der Waals surface area contributed by atoms with Gasteiger partial charge < -0.3 is 4.98 Å². The highest BCUT2D eigenvalue weighted by atomic mass is 35.5. The molecule has 2 heterocycles. The van der Waals surface area contributed by atoms with Gasteiger partial charge in [0.25, 0.3) is 0 Å². The van der Waals surface area contributed by atoms with E-state index >= 15 is 0 Å². The van der Waals surface area contributed by atoms with Crippen LogP contribution in [0.4, 0.5) is 0 Å². The molecule has 0 aliphatic heterocycles. The minimum Gasteiger partial charge on any atom is -0.338 e. The maximum absolute atomic E-state index is 6.21. The van der Waals surface area contributed by atoms with Crippen LogP contribution in [-0.4, -0.2) is 15.0 Å². The fraction of sp³-hybridized carbons (Fsp3) is 0.182. The number of nitrogens with zero attached hydrogens (tertiary/aromatic N) is 2. The number of nitrogens with one attached hydrogen (secondary N) is 1. The lowest BCUT2D eigenvalue weighted by molar-refractivity contribution is 0.591. The Morgan fingerprint density at radius 1 is 1.00 bits per heavy atom. The van der Waals surface area contributed by atoms with Gasteiger partial charge in [0, 0.05) is 23.4 Å². The van der Waals surface area contributed by atoms with Gasteiger partial charge in [0.15, 0.2) is 0 Å². The molecule has 4 heteroatoms. The first-order valence-electron chi connectivity index (χ1n) is 8.54. The number of hydrogen-bond acceptors (Lipinski definition) is 2. The summed E-state index contributed by atoms with van der Waals surface area (Å²) in [5.41, 5.74) is 6.19. The van der Waals surface area contributed by atoms with Crippen LogP contribution in [0.25, 0.3) is 33.7 Å². The van der Waals surface area contributed by atoms with Crippen LogP contribution in [0.1, 0.15) is 26.3 Å². The summed E-state index contributed by atoms with van der Waals surface area (Å²) in [5, 5.41) is 0.596. The van der Waals surface area contributed by atoms with E-state index in [0.29, 0.717) is 5.02 Å². The number of benzene rings is 2. The van der Waals surface area contributed by atoms with Gasteiger partial charge in [0.2, 0.25) is 0 Å². The molecule has 0 spiro atoms. The van der Waals surface area contributed by atoms with Crippen molar-refractivity contribution in [3.63, 3.8) is 0 Å². The van der Waals surface area contributed by atoms with E-state index in [1.807, 2.05) is 24.3 Å². The van der Waals surface area contributed by atoms with E-state index in [1.54, 1.807) is 12.3 Å². The highest BCUT2D eigenvalue weighted by Gasteiger charge is 2.15. The third kappa shape index (κ3) is 3.11. The molecule has 2 aromatic heterocycles. The normalized spacial score (nSPS) is 11.8. The molecule has 0 aliphatic rings. The predicted octanol–water partition coefficient (Wildman–Crippen LogP) is 6.04. The van der Waals surface area contributed by atoms with Crippen LogP contribution in [0.5, 0.6) is 0 Å². The Hall–Kier alpha value is -2.65. The molecule has 1 N–H and O–H groups in total. The fourth-order valence-electron chi connectivity index (χ4n) is 2.95. The Morgan fingerprint density at radius 2 is 1.73 bits per heavy atom. The maximum atomic E-state index is 6.21. The molecule has 2 aromatic carbocycles. The molecule has 4 rings (SSSR count). The lowest BCUT2D eigenvalue weighted by Gasteiger charge is -2.18. The summed E-state index contributed by atoms with van der Waals surface area (Å²) in [6, 6.07) is 19.1. The minimum atomic E-state index is 0.112. The van der Waals surface area contributed by atoms with Gasteiger partial charge in [0.1, 0.15) is 5.82 Å². The molecule has 0 saturated heterocycles. The third-order valence-electron chi connectivity index (χ3n) is 4.48. The zero-order valence-corrected chi connectivity index (χ0v) is 15.7. The molecular formula is C22H19ClN3. The van der Waals surface area contributed by atoms with E-state index in [1.165, 1.54) is 5.56 Å². The largest absolute Gasteiger partial charge is 0.338 e. The predicted molar refractivity (Wildman–Crippen MR) is 107 cm³/mol.